The Balaban J connectivity index is 2.46. The lowest BCUT2D eigenvalue weighted by Gasteiger charge is -2.11. The van der Waals surface area contributed by atoms with Crippen molar-refractivity contribution in [2.24, 2.45) is 7.05 Å². The molecule has 0 aliphatic carbocycles. The van der Waals surface area contributed by atoms with Gasteiger partial charge in [0.1, 0.15) is 12.1 Å². The molecule has 1 N–H and O–H groups in total. The van der Waals surface area contributed by atoms with Gasteiger partial charge in [-0.3, -0.25) is 4.68 Å². The minimum absolute atomic E-state index is 0.905. The molecule has 0 amide bonds. The Morgan fingerprint density at radius 2 is 2.06 bits per heavy atom. The van der Waals surface area contributed by atoms with Crippen LogP contribution >= 0.6 is 0 Å². The predicted molar refractivity (Wildman–Crippen MR) is 72.5 cm³/mol. The van der Waals surface area contributed by atoms with Gasteiger partial charge in [0.25, 0.3) is 0 Å². The van der Waals surface area contributed by atoms with Gasteiger partial charge in [0.2, 0.25) is 0 Å². The summed E-state index contributed by atoms with van der Waals surface area (Å²) in [4.78, 5) is 8.69. The fraction of sp³-hybridized carbons (Fsp3) is 0.462. The van der Waals surface area contributed by atoms with Crippen molar-refractivity contribution in [3.05, 3.63) is 23.7 Å². The molecule has 0 radical (unpaired) electrons. The van der Waals surface area contributed by atoms with E-state index in [9.17, 15) is 0 Å². The summed E-state index contributed by atoms with van der Waals surface area (Å²) in [6.45, 7) is 7.14. The highest BCUT2D eigenvalue weighted by Crippen LogP contribution is 2.26. The summed E-state index contributed by atoms with van der Waals surface area (Å²) in [5.74, 6) is 0.905. The van der Waals surface area contributed by atoms with Crippen molar-refractivity contribution in [3.63, 3.8) is 0 Å². The molecule has 2 aromatic heterocycles. The normalized spacial score (nSPS) is 10.7. The molecule has 0 saturated heterocycles. The van der Waals surface area contributed by atoms with Gasteiger partial charge in [-0.05, 0) is 25.8 Å². The standard InChI is InChI=1S/C13H19N5/c1-5-6-14-13-10(3)11(15-8-16-13)12-9(2)7-17-18(12)4/h7-8H,5-6H2,1-4H3,(H,14,15,16). The molecular formula is C13H19N5. The summed E-state index contributed by atoms with van der Waals surface area (Å²) < 4.78 is 1.86. The lowest BCUT2D eigenvalue weighted by atomic mass is 10.1. The summed E-state index contributed by atoms with van der Waals surface area (Å²) in [5, 5.41) is 7.58. The second-order valence-corrected chi connectivity index (χ2v) is 4.42. The molecule has 0 aromatic carbocycles. The van der Waals surface area contributed by atoms with Crippen molar-refractivity contribution in [2.45, 2.75) is 27.2 Å². The van der Waals surface area contributed by atoms with E-state index in [-0.39, 0.29) is 0 Å². The van der Waals surface area contributed by atoms with Crippen LogP contribution in [0.25, 0.3) is 11.4 Å². The maximum atomic E-state index is 4.40. The second-order valence-electron chi connectivity index (χ2n) is 4.42. The Labute approximate surface area is 107 Å². The lowest BCUT2D eigenvalue weighted by molar-refractivity contribution is 0.771. The molecule has 0 aliphatic heterocycles. The summed E-state index contributed by atoms with van der Waals surface area (Å²) in [6, 6.07) is 0. The largest absolute Gasteiger partial charge is 0.370 e. The Morgan fingerprint density at radius 1 is 1.28 bits per heavy atom. The molecule has 96 valence electrons. The van der Waals surface area contributed by atoms with Crippen molar-refractivity contribution < 1.29 is 0 Å². The Bertz CT molecular complexity index is 525. The van der Waals surface area contributed by atoms with Gasteiger partial charge in [0.15, 0.2) is 0 Å². The molecule has 2 rings (SSSR count). The molecule has 5 nitrogen and oxygen atoms in total. The van der Waals surface area contributed by atoms with Gasteiger partial charge >= 0.3 is 0 Å². The molecule has 5 heteroatoms. The first-order valence-corrected chi connectivity index (χ1v) is 6.19. The van der Waals surface area contributed by atoms with E-state index in [1.54, 1.807) is 6.33 Å². The monoisotopic (exact) mass is 245 g/mol. The second kappa shape index (κ2) is 5.16. The first-order chi connectivity index (χ1) is 8.65. The molecule has 0 bridgehead atoms. The van der Waals surface area contributed by atoms with E-state index >= 15 is 0 Å². The highest BCUT2D eigenvalue weighted by molar-refractivity contribution is 5.67. The van der Waals surface area contributed by atoms with Crippen LogP contribution in [0.2, 0.25) is 0 Å². The number of nitrogens with one attached hydrogen (secondary N) is 1. The van der Waals surface area contributed by atoms with Gasteiger partial charge in [-0.1, -0.05) is 6.92 Å². The molecule has 0 saturated carbocycles. The van der Waals surface area contributed by atoms with Crippen LogP contribution in [-0.2, 0) is 7.05 Å². The number of aryl methyl sites for hydroxylation is 2. The smallest absolute Gasteiger partial charge is 0.132 e. The van der Waals surface area contributed by atoms with Gasteiger partial charge in [-0.2, -0.15) is 5.10 Å². The van der Waals surface area contributed by atoms with Crippen molar-refractivity contribution in [2.75, 3.05) is 11.9 Å². The van der Waals surface area contributed by atoms with Gasteiger partial charge in [-0.25, -0.2) is 9.97 Å². The molecule has 0 atom stereocenters. The van der Waals surface area contributed by atoms with Crippen LogP contribution in [-0.4, -0.2) is 26.3 Å². The highest BCUT2D eigenvalue weighted by Gasteiger charge is 2.14. The fourth-order valence-electron chi connectivity index (χ4n) is 2.00. The van der Waals surface area contributed by atoms with Crippen LogP contribution in [0, 0.1) is 13.8 Å². The number of anilines is 1. The van der Waals surface area contributed by atoms with E-state index < -0.39 is 0 Å². The molecule has 2 aromatic rings. The average molecular weight is 245 g/mol. The molecule has 0 unspecified atom stereocenters. The third kappa shape index (κ3) is 2.20. The summed E-state index contributed by atoms with van der Waals surface area (Å²) in [6.07, 6.45) is 4.53. The predicted octanol–water partition coefficient (Wildman–Crippen LogP) is 2.32. The maximum absolute atomic E-state index is 4.40. The van der Waals surface area contributed by atoms with Crippen molar-refractivity contribution in [1.29, 1.82) is 0 Å². The summed E-state index contributed by atoms with van der Waals surface area (Å²) >= 11 is 0. The fourth-order valence-corrected chi connectivity index (χ4v) is 2.00. The third-order valence-corrected chi connectivity index (χ3v) is 2.97. The van der Waals surface area contributed by atoms with Gasteiger partial charge in [0, 0.05) is 19.2 Å². The van der Waals surface area contributed by atoms with E-state index in [0.29, 0.717) is 0 Å². The van der Waals surface area contributed by atoms with Gasteiger partial charge in [-0.15, -0.1) is 0 Å². The first-order valence-electron chi connectivity index (χ1n) is 6.19. The summed E-state index contributed by atoms with van der Waals surface area (Å²) in [7, 11) is 1.93. The Morgan fingerprint density at radius 3 is 2.67 bits per heavy atom. The SMILES string of the molecule is CCCNc1ncnc(-c2c(C)cnn2C)c1C. The minimum Gasteiger partial charge on any atom is -0.370 e. The van der Waals surface area contributed by atoms with E-state index in [2.05, 4.69) is 27.3 Å². The minimum atomic E-state index is 0.905. The van der Waals surface area contributed by atoms with Crippen LogP contribution in [0.1, 0.15) is 24.5 Å². The van der Waals surface area contributed by atoms with Crippen molar-refractivity contribution >= 4 is 5.82 Å². The molecule has 2 heterocycles. The molecule has 0 fully saturated rings. The van der Waals surface area contributed by atoms with Crippen LogP contribution in [0.5, 0.6) is 0 Å². The maximum Gasteiger partial charge on any atom is 0.132 e. The topological polar surface area (TPSA) is 55.6 Å². The molecule has 18 heavy (non-hydrogen) atoms. The number of nitrogens with zero attached hydrogens (tertiary/aromatic N) is 4. The highest BCUT2D eigenvalue weighted by atomic mass is 15.3. The van der Waals surface area contributed by atoms with E-state index in [1.165, 1.54) is 0 Å². The first kappa shape index (κ1) is 12.5. The lowest BCUT2D eigenvalue weighted by Crippen LogP contribution is -2.07. The van der Waals surface area contributed by atoms with Crippen LogP contribution in [0.4, 0.5) is 5.82 Å². The average Bonchev–Trinajstić information content (AvgIpc) is 2.68. The number of aromatic nitrogens is 4. The summed E-state index contributed by atoms with van der Waals surface area (Å²) in [5.41, 5.74) is 4.19. The van der Waals surface area contributed by atoms with Crippen LogP contribution in [0.15, 0.2) is 12.5 Å². The van der Waals surface area contributed by atoms with Crippen molar-refractivity contribution in [3.8, 4) is 11.4 Å². The van der Waals surface area contributed by atoms with Crippen LogP contribution < -0.4 is 5.32 Å². The Kier molecular flexibility index (Phi) is 3.60. The molecule has 0 spiro atoms. The zero-order chi connectivity index (χ0) is 13.1. The third-order valence-electron chi connectivity index (χ3n) is 2.97. The van der Waals surface area contributed by atoms with Crippen molar-refractivity contribution in [1.82, 2.24) is 19.7 Å². The van der Waals surface area contributed by atoms with Gasteiger partial charge in [0.05, 0.1) is 17.6 Å². The number of hydrogen-bond acceptors (Lipinski definition) is 4. The van der Waals surface area contributed by atoms with E-state index in [4.69, 9.17) is 0 Å². The quantitative estimate of drug-likeness (QED) is 0.898. The zero-order valence-electron chi connectivity index (χ0n) is 11.4. The van der Waals surface area contributed by atoms with E-state index in [1.807, 2.05) is 31.8 Å². The molecular weight excluding hydrogens is 226 g/mol. The zero-order valence-corrected chi connectivity index (χ0v) is 11.4. The molecule has 0 aliphatic rings. The number of rotatable bonds is 4. The van der Waals surface area contributed by atoms with E-state index in [0.717, 1.165) is 41.3 Å². The van der Waals surface area contributed by atoms with Gasteiger partial charge < -0.3 is 5.32 Å². The van der Waals surface area contributed by atoms with Crippen LogP contribution in [0.3, 0.4) is 0 Å². The Hall–Kier alpha value is -1.91. The number of hydrogen-bond donors (Lipinski definition) is 1.